The van der Waals surface area contributed by atoms with Gasteiger partial charge in [0.25, 0.3) is 0 Å². The highest BCUT2D eigenvalue weighted by Gasteiger charge is 2.22. The molecule has 0 aliphatic heterocycles. The van der Waals surface area contributed by atoms with Crippen molar-refractivity contribution in [1.29, 1.82) is 0 Å². The molecule has 0 saturated heterocycles. The van der Waals surface area contributed by atoms with E-state index >= 15 is 0 Å². The maximum Gasteiger partial charge on any atom is 0.338 e. The molecule has 62 heavy (non-hydrogen) atoms. The highest BCUT2D eigenvalue weighted by atomic mass is 19.1. The number of hydrogen-bond acceptors (Lipinski definition) is 14. The van der Waals surface area contributed by atoms with Gasteiger partial charge in [0.05, 0.1) is 74.6 Å². The Labute approximate surface area is 361 Å². The lowest BCUT2D eigenvalue weighted by Gasteiger charge is -2.13. The molecule has 0 unspecified atom stereocenters. The zero-order valence-corrected chi connectivity index (χ0v) is 33.9. The smallest absolute Gasteiger partial charge is 0.338 e. The monoisotopic (exact) mass is 890 g/mol. The molecule has 0 radical (unpaired) electrons. The molecule has 0 saturated carbocycles. The van der Waals surface area contributed by atoms with Crippen molar-refractivity contribution < 1.29 is 85.2 Å². The number of phenolic OH excluding ortho intramolecular Hbond substituents is 2. The normalized spacial score (nSPS) is 9.24. The van der Waals surface area contributed by atoms with Crippen LogP contribution in [0.2, 0.25) is 0 Å². The Bertz CT molecular complexity index is 2090. The van der Waals surface area contributed by atoms with E-state index in [2.05, 4.69) is 9.47 Å². The van der Waals surface area contributed by atoms with E-state index < -0.39 is 46.7 Å². The van der Waals surface area contributed by atoms with Gasteiger partial charge in [-0.05, 0) is 57.5 Å². The third-order valence-electron chi connectivity index (χ3n) is 8.28. The Morgan fingerprint density at radius 3 is 1.21 bits per heavy atom. The third kappa shape index (κ3) is 14.4. The van der Waals surface area contributed by atoms with Crippen LogP contribution < -0.4 is 28.4 Å². The minimum absolute atomic E-state index is 0. The highest BCUT2D eigenvalue weighted by Crippen LogP contribution is 2.38. The van der Waals surface area contributed by atoms with Gasteiger partial charge in [-0.1, -0.05) is 29.7 Å². The summed E-state index contributed by atoms with van der Waals surface area (Å²) in [5, 5.41) is 27.2. The first kappa shape index (κ1) is 62.2. The van der Waals surface area contributed by atoms with Crippen LogP contribution in [0.3, 0.4) is 0 Å². The maximum absolute atomic E-state index is 13.6. The van der Waals surface area contributed by atoms with E-state index in [1.165, 1.54) is 62.8 Å². The van der Waals surface area contributed by atoms with Gasteiger partial charge in [-0.15, -0.1) is 0 Å². The number of carbonyl (C=O) groups excluding carboxylic acids is 3. The molecule has 0 spiro atoms. The van der Waals surface area contributed by atoms with Gasteiger partial charge in [0.2, 0.25) is 0 Å². The van der Waals surface area contributed by atoms with Gasteiger partial charge >= 0.3 is 11.9 Å². The number of aliphatic hydroxyl groups excluding tert-OH is 1. The molecular weight excluding hydrogens is 828 g/mol. The van der Waals surface area contributed by atoms with Crippen molar-refractivity contribution in [3.8, 4) is 46.0 Å². The second-order valence-electron chi connectivity index (χ2n) is 11.4. The number of esters is 2. The molecule has 3 N–H and O–H groups in total. The fraction of sp³-hybridized carbons (Fsp3) is 0.386. The standard InChI is InChI=1S/C11H13FO4.C10H13FO3.C10H11FO3.C9H9FO4.4CH4/c1-6-7(11(13)16-4)5-8(12)10(15-3)9(6)14-2;2*1-6-7(5-12)4-8(11)10(14-3)9(6)13-2;1-4-5(9(13)14-2)3-6(10)8(12)7(4)11;;;;/h5H,1-4H3;4,12H,5H2,1-3H3;4-5H,1-3H3;3,11-12H,1-2H3;4*1H4. The molecule has 4 rings (SSSR count). The lowest BCUT2D eigenvalue weighted by Crippen LogP contribution is -2.07. The number of ether oxygens (including phenoxy) is 8. The largest absolute Gasteiger partial charge is 0.504 e. The summed E-state index contributed by atoms with van der Waals surface area (Å²) in [5.41, 5.74) is 2.59. The van der Waals surface area contributed by atoms with Crippen LogP contribution in [0, 0.1) is 51.0 Å². The number of hydrogen-bond donors (Lipinski definition) is 3. The zero-order chi connectivity index (χ0) is 44.6. The SMILES string of the molecule is C.C.C.C.COC(=O)c1cc(F)c(O)c(O)c1C.COC(=O)c1cc(F)c(OC)c(OC)c1C.COc1c(F)cc(C=O)c(C)c1OC.COc1c(F)cc(CO)c(C)c1OC. The first-order valence-electron chi connectivity index (χ1n) is 16.5. The van der Waals surface area contributed by atoms with E-state index in [0.29, 0.717) is 34.3 Å². The summed E-state index contributed by atoms with van der Waals surface area (Å²) in [6.07, 6.45) is 0.584. The van der Waals surface area contributed by atoms with E-state index in [4.69, 9.17) is 38.6 Å². The van der Waals surface area contributed by atoms with Crippen molar-refractivity contribution in [3.63, 3.8) is 0 Å². The number of halogens is 4. The van der Waals surface area contributed by atoms with Crippen LogP contribution >= 0.6 is 0 Å². The number of carbonyl (C=O) groups is 3. The van der Waals surface area contributed by atoms with Gasteiger partial charge in [0, 0.05) is 27.8 Å². The van der Waals surface area contributed by atoms with Gasteiger partial charge < -0.3 is 53.2 Å². The van der Waals surface area contributed by atoms with Crippen molar-refractivity contribution in [2.75, 3.05) is 56.9 Å². The zero-order valence-electron chi connectivity index (χ0n) is 33.9. The number of aromatic hydroxyl groups is 2. The van der Waals surface area contributed by atoms with E-state index in [1.807, 2.05) is 0 Å². The van der Waals surface area contributed by atoms with Gasteiger partial charge in [-0.2, -0.15) is 0 Å². The Morgan fingerprint density at radius 2 is 0.839 bits per heavy atom. The lowest BCUT2D eigenvalue weighted by atomic mass is 10.1. The molecule has 4 aromatic carbocycles. The van der Waals surface area contributed by atoms with E-state index in [1.54, 1.807) is 20.8 Å². The quantitative estimate of drug-likeness (QED) is 0.0592. The molecule has 0 amide bonds. The molecular formula is C44H62F4O14. The molecule has 14 nitrogen and oxygen atoms in total. The summed E-state index contributed by atoms with van der Waals surface area (Å²) >= 11 is 0. The molecule has 0 aromatic heterocycles. The first-order valence-corrected chi connectivity index (χ1v) is 16.5. The topological polar surface area (TPSA) is 186 Å². The van der Waals surface area contributed by atoms with Gasteiger partial charge in [0.15, 0.2) is 75.6 Å². The van der Waals surface area contributed by atoms with Crippen LogP contribution in [-0.2, 0) is 16.1 Å². The number of phenols is 2. The predicted octanol–water partition coefficient (Wildman–Crippen LogP) is 9.42. The molecule has 0 aliphatic rings. The average Bonchev–Trinajstić information content (AvgIpc) is 3.22. The Hall–Kier alpha value is -6.43. The molecule has 18 heteroatoms. The van der Waals surface area contributed by atoms with Gasteiger partial charge in [0.1, 0.15) is 0 Å². The van der Waals surface area contributed by atoms with Crippen molar-refractivity contribution in [2.24, 2.45) is 0 Å². The molecule has 0 fully saturated rings. The van der Waals surface area contributed by atoms with E-state index in [-0.39, 0.29) is 87.3 Å². The second kappa shape index (κ2) is 28.9. The summed E-state index contributed by atoms with van der Waals surface area (Å²) in [4.78, 5) is 33.0. The number of methoxy groups -OCH3 is 8. The van der Waals surface area contributed by atoms with Crippen LogP contribution in [-0.4, -0.2) is 90.4 Å². The van der Waals surface area contributed by atoms with Crippen LogP contribution in [0.25, 0.3) is 0 Å². The van der Waals surface area contributed by atoms with Crippen LogP contribution in [0.4, 0.5) is 17.6 Å². The van der Waals surface area contributed by atoms with Crippen molar-refractivity contribution in [3.05, 3.63) is 92.0 Å². The first-order chi connectivity index (χ1) is 27.3. The summed E-state index contributed by atoms with van der Waals surface area (Å²) in [5.74, 6) is -4.89. The molecule has 0 bridgehead atoms. The number of rotatable bonds is 10. The Morgan fingerprint density at radius 1 is 0.500 bits per heavy atom. The Kier molecular flexibility index (Phi) is 29.0. The predicted molar refractivity (Wildman–Crippen MR) is 228 cm³/mol. The average molecular weight is 891 g/mol. The summed E-state index contributed by atoms with van der Waals surface area (Å²) < 4.78 is 91.6. The number of aliphatic hydroxyl groups is 1. The van der Waals surface area contributed by atoms with Gasteiger partial charge in [-0.25, -0.2) is 27.2 Å². The van der Waals surface area contributed by atoms with Crippen molar-refractivity contribution >= 4 is 18.2 Å². The van der Waals surface area contributed by atoms with Crippen molar-refractivity contribution in [2.45, 2.75) is 64.0 Å². The second-order valence-corrected chi connectivity index (χ2v) is 11.4. The summed E-state index contributed by atoms with van der Waals surface area (Å²) in [6, 6.07) is 4.26. The van der Waals surface area contributed by atoms with Crippen molar-refractivity contribution in [1.82, 2.24) is 0 Å². The molecule has 350 valence electrons. The Balaban J connectivity index is -0.000000355. The lowest BCUT2D eigenvalue weighted by molar-refractivity contribution is 0.0590. The summed E-state index contributed by atoms with van der Waals surface area (Å²) in [7, 11) is 10.6. The maximum atomic E-state index is 13.6. The summed E-state index contributed by atoms with van der Waals surface area (Å²) in [6.45, 7) is 6.20. The van der Waals surface area contributed by atoms with E-state index in [9.17, 15) is 37.1 Å². The fourth-order valence-corrected chi connectivity index (χ4v) is 5.13. The van der Waals surface area contributed by atoms with Gasteiger partial charge in [-0.3, -0.25) is 4.79 Å². The van der Waals surface area contributed by atoms with Crippen LogP contribution in [0.5, 0.6) is 46.0 Å². The molecule has 0 atom stereocenters. The van der Waals surface area contributed by atoms with Crippen LogP contribution in [0.15, 0.2) is 24.3 Å². The molecule has 0 heterocycles. The minimum Gasteiger partial charge on any atom is -0.504 e. The fourth-order valence-electron chi connectivity index (χ4n) is 5.13. The number of aldehydes is 1. The highest BCUT2D eigenvalue weighted by molar-refractivity contribution is 5.93. The molecule has 0 aliphatic carbocycles. The third-order valence-corrected chi connectivity index (χ3v) is 8.28. The van der Waals surface area contributed by atoms with E-state index in [0.717, 1.165) is 25.3 Å². The molecule has 4 aromatic rings. The minimum atomic E-state index is -1.06. The number of benzene rings is 4. The van der Waals surface area contributed by atoms with Crippen LogP contribution in [0.1, 0.15) is 88.6 Å².